The van der Waals surface area contributed by atoms with Crippen molar-refractivity contribution in [2.24, 2.45) is 11.3 Å². The zero-order chi connectivity index (χ0) is 13.3. The molecule has 98 valence electrons. The highest BCUT2D eigenvalue weighted by Gasteiger charge is 2.39. The summed E-state index contributed by atoms with van der Waals surface area (Å²) in [5.41, 5.74) is 0.692. The van der Waals surface area contributed by atoms with E-state index in [-0.39, 0.29) is 23.1 Å². The number of amides is 1. The molecule has 0 saturated heterocycles. The molecule has 2 nitrogen and oxygen atoms in total. The van der Waals surface area contributed by atoms with E-state index in [4.69, 9.17) is 0 Å². The van der Waals surface area contributed by atoms with Crippen LogP contribution in [-0.4, -0.2) is 5.91 Å². The molecule has 1 aliphatic rings. The molecule has 4 heteroatoms. The predicted octanol–water partition coefficient (Wildman–Crippen LogP) is 4.35. The number of benzene rings is 1. The summed E-state index contributed by atoms with van der Waals surface area (Å²) in [6.07, 6.45) is 3.11. The number of carbonyl (C=O) groups is 1. The Kier molecular flexibility index (Phi) is 3.76. The molecule has 1 aliphatic carbocycles. The first kappa shape index (κ1) is 13.5. The van der Waals surface area contributed by atoms with Crippen LogP contribution in [0.25, 0.3) is 0 Å². The Morgan fingerprint density at radius 1 is 1.50 bits per heavy atom. The summed E-state index contributed by atoms with van der Waals surface area (Å²) in [5, 5.41) is 2.87. The Bertz CT molecular complexity index is 473. The molecule has 1 saturated carbocycles. The van der Waals surface area contributed by atoms with Gasteiger partial charge in [0, 0.05) is 11.6 Å². The lowest BCUT2D eigenvalue weighted by Crippen LogP contribution is -2.30. The maximum absolute atomic E-state index is 13.1. The molecule has 2 rings (SSSR count). The lowest BCUT2D eigenvalue weighted by molar-refractivity contribution is -0.122. The molecule has 0 spiro atoms. The third kappa shape index (κ3) is 2.74. The number of hydrogen-bond donors (Lipinski definition) is 1. The first-order valence-electron chi connectivity index (χ1n) is 6.16. The van der Waals surface area contributed by atoms with Crippen LogP contribution in [0.1, 0.15) is 33.1 Å². The minimum Gasteiger partial charge on any atom is -0.326 e. The maximum Gasteiger partial charge on any atom is 0.228 e. The fraction of sp³-hybridized carbons (Fsp3) is 0.500. The largest absolute Gasteiger partial charge is 0.326 e. The third-order valence-corrected chi connectivity index (χ3v) is 4.37. The second-order valence-electron chi connectivity index (χ2n) is 5.55. The number of hydrogen-bond acceptors (Lipinski definition) is 1. The average molecular weight is 314 g/mol. The summed E-state index contributed by atoms with van der Waals surface area (Å²) in [4.78, 5) is 12.2. The van der Waals surface area contributed by atoms with Gasteiger partial charge in [0.25, 0.3) is 0 Å². The Morgan fingerprint density at radius 2 is 2.22 bits per heavy atom. The van der Waals surface area contributed by atoms with E-state index in [0.29, 0.717) is 10.2 Å². The van der Waals surface area contributed by atoms with Gasteiger partial charge in [-0.25, -0.2) is 4.39 Å². The van der Waals surface area contributed by atoms with Gasteiger partial charge in [-0.15, -0.1) is 0 Å². The summed E-state index contributed by atoms with van der Waals surface area (Å²) in [7, 11) is 0. The molecular weight excluding hydrogens is 297 g/mol. The predicted molar refractivity (Wildman–Crippen MR) is 73.9 cm³/mol. The summed E-state index contributed by atoms with van der Waals surface area (Å²) >= 11 is 3.12. The molecule has 1 amide bonds. The van der Waals surface area contributed by atoms with Gasteiger partial charge < -0.3 is 5.32 Å². The fourth-order valence-electron chi connectivity index (χ4n) is 2.62. The van der Waals surface area contributed by atoms with E-state index in [1.807, 2.05) is 0 Å². The van der Waals surface area contributed by atoms with Crippen molar-refractivity contribution < 1.29 is 9.18 Å². The van der Waals surface area contributed by atoms with Gasteiger partial charge >= 0.3 is 0 Å². The molecule has 0 aromatic heterocycles. The summed E-state index contributed by atoms with van der Waals surface area (Å²) in [6.45, 7) is 4.26. The molecule has 18 heavy (non-hydrogen) atoms. The van der Waals surface area contributed by atoms with Gasteiger partial charge in [-0.05, 0) is 52.4 Å². The topological polar surface area (TPSA) is 29.1 Å². The molecule has 1 aromatic rings. The molecule has 0 bridgehead atoms. The molecule has 1 N–H and O–H groups in total. The van der Waals surface area contributed by atoms with Crippen molar-refractivity contribution >= 4 is 27.5 Å². The van der Waals surface area contributed by atoms with Crippen LogP contribution in [0.4, 0.5) is 10.1 Å². The Morgan fingerprint density at radius 3 is 2.78 bits per heavy atom. The zero-order valence-electron chi connectivity index (χ0n) is 10.6. The monoisotopic (exact) mass is 313 g/mol. The second-order valence-corrected chi connectivity index (χ2v) is 6.41. The molecule has 1 fully saturated rings. The van der Waals surface area contributed by atoms with E-state index in [1.165, 1.54) is 6.07 Å². The third-order valence-electron chi connectivity index (χ3n) is 3.76. The molecule has 1 aromatic carbocycles. The van der Waals surface area contributed by atoms with Crippen molar-refractivity contribution in [3.8, 4) is 0 Å². The van der Waals surface area contributed by atoms with Gasteiger partial charge in [-0.1, -0.05) is 20.3 Å². The van der Waals surface area contributed by atoms with Crippen LogP contribution in [0.2, 0.25) is 0 Å². The van der Waals surface area contributed by atoms with Crippen molar-refractivity contribution in [1.29, 1.82) is 0 Å². The van der Waals surface area contributed by atoms with Crippen LogP contribution in [0.3, 0.4) is 0 Å². The Balaban J connectivity index is 2.09. The summed E-state index contributed by atoms with van der Waals surface area (Å²) in [6, 6.07) is 4.52. The highest BCUT2D eigenvalue weighted by molar-refractivity contribution is 9.10. The SMILES string of the molecule is CC1(C)CCCC1C(=O)Nc1ccc(F)c(Br)c1. The number of rotatable bonds is 2. The molecular formula is C14H17BrFNO. The first-order valence-corrected chi connectivity index (χ1v) is 6.95. The Labute approximate surface area is 115 Å². The van der Waals surface area contributed by atoms with E-state index in [1.54, 1.807) is 12.1 Å². The number of anilines is 1. The van der Waals surface area contributed by atoms with Gasteiger partial charge in [0.15, 0.2) is 0 Å². The van der Waals surface area contributed by atoms with Crippen LogP contribution >= 0.6 is 15.9 Å². The van der Waals surface area contributed by atoms with Crippen LogP contribution < -0.4 is 5.32 Å². The molecule has 1 unspecified atom stereocenters. The average Bonchev–Trinajstić information content (AvgIpc) is 2.63. The zero-order valence-corrected chi connectivity index (χ0v) is 12.2. The van der Waals surface area contributed by atoms with Crippen LogP contribution in [0.5, 0.6) is 0 Å². The minimum absolute atomic E-state index is 0.0380. The van der Waals surface area contributed by atoms with Crippen LogP contribution in [-0.2, 0) is 4.79 Å². The summed E-state index contributed by atoms with van der Waals surface area (Å²) in [5.74, 6) is -0.244. The lowest BCUT2D eigenvalue weighted by atomic mass is 9.81. The van der Waals surface area contributed by atoms with Gasteiger partial charge in [-0.3, -0.25) is 4.79 Å². The molecule has 0 radical (unpaired) electrons. The van der Waals surface area contributed by atoms with E-state index >= 15 is 0 Å². The van der Waals surface area contributed by atoms with Crippen LogP contribution in [0.15, 0.2) is 22.7 Å². The van der Waals surface area contributed by atoms with Gasteiger partial charge in [0.2, 0.25) is 5.91 Å². The van der Waals surface area contributed by atoms with Gasteiger partial charge in [0.1, 0.15) is 5.82 Å². The normalized spacial score (nSPS) is 21.9. The van der Waals surface area contributed by atoms with E-state index in [2.05, 4.69) is 35.1 Å². The Hall–Kier alpha value is -0.900. The van der Waals surface area contributed by atoms with Gasteiger partial charge in [0.05, 0.1) is 4.47 Å². The van der Waals surface area contributed by atoms with Crippen molar-refractivity contribution in [3.63, 3.8) is 0 Å². The quantitative estimate of drug-likeness (QED) is 0.864. The maximum atomic E-state index is 13.1. The minimum atomic E-state index is -0.325. The van der Waals surface area contributed by atoms with Crippen molar-refractivity contribution in [2.45, 2.75) is 33.1 Å². The number of halogens is 2. The first-order chi connectivity index (χ1) is 8.40. The number of carbonyl (C=O) groups excluding carboxylic acids is 1. The lowest BCUT2D eigenvalue weighted by Gasteiger charge is -2.25. The molecule has 0 heterocycles. The highest BCUT2D eigenvalue weighted by atomic mass is 79.9. The standard InChI is InChI=1S/C14H17BrFNO/c1-14(2)7-3-4-10(14)13(18)17-9-5-6-12(16)11(15)8-9/h5-6,8,10H,3-4,7H2,1-2H3,(H,17,18). The fourth-order valence-corrected chi connectivity index (χ4v) is 2.99. The van der Waals surface area contributed by atoms with E-state index in [0.717, 1.165) is 19.3 Å². The van der Waals surface area contributed by atoms with Gasteiger partial charge in [-0.2, -0.15) is 0 Å². The summed E-state index contributed by atoms with van der Waals surface area (Å²) < 4.78 is 13.5. The van der Waals surface area contributed by atoms with Crippen molar-refractivity contribution in [2.75, 3.05) is 5.32 Å². The number of nitrogens with one attached hydrogen (secondary N) is 1. The van der Waals surface area contributed by atoms with Crippen LogP contribution in [0, 0.1) is 17.2 Å². The van der Waals surface area contributed by atoms with E-state index < -0.39 is 0 Å². The molecule has 1 atom stereocenters. The van der Waals surface area contributed by atoms with Crippen molar-refractivity contribution in [1.82, 2.24) is 0 Å². The second kappa shape index (κ2) is 5.00. The highest BCUT2D eigenvalue weighted by Crippen LogP contribution is 2.43. The van der Waals surface area contributed by atoms with Crippen molar-refractivity contribution in [3.05, 3.63) is 28.5 Å². The van der Waals surface area contributed by atoms with E-state index in [9.17, 15) is 9.18 Å². The smallest absolute Gasteiger partial charge is 0.228 e. The molecule has 0 aliphatic heterocycles.